The predicted octanol–water partition coefficient (Wildman–Crippen LogP) is 0.579. The Morgan fingerprint density at radius 1 is 1.43 bits per heavy atom. The van der Waals surface area contributed by atoms with Crippen LogP contribution in [0.4, 0.5) is 0 Å². The molecule has 0 heterocycles. The van der Waals surface area contributed by atoms with Gasteiger partial charge in [0.05, 0.1) is 0 Å². The Hall–Kier alpha value is -1.32. The lowest BCUT2D eigenvalue weighted by Crippen LogP contribution is -2.44. The molecular weight excluding hydrogens is 180 g/mol. The average molecular weight is 198 g/mol. The second kappa shape index (κ2) is 6.18. The second-order valence-corrected chi connectivity index (χ2v) is 3.59. The Balaban J connectivity index is 4.23. The van der Waals surface area contributed by atoms with Crippen molar-refractivity contribution in [2.24, 2.45) is 11.7 Å². The summed E-state index contributed by atoms with van der Waals surface area (Å²) < 4.78 is 0. The van der Waals surface area contributed by atoms with E-state index in [-0.39, 0.29) is 5.91 Å². The molecule has 0 bridgehead atoms. The van der Waals surface area contributed by atoms with E-state index in [1.807, 2.05) is 13.8 Å². The fourth-order valence-electron chi connectivity index (χ4n) is 1.09. The summed E-state index contributed by atoms with van der Waals surface area (Å²) in [4.78, 5) is 22.1. The van der Waals surface area contributed by atoms with E-state index in [1.54, 1.807) is 13.0 Å². The Morgan fingerprint density at radius 3 is 2.36 bits per heavy atom. The van der Waals surface area contributed by atoms with Crippen LogP contribution < -0.4 is 11.1 Å². The SMILES string of the molecule is CC=CC(=O)NC(CC(C)C)C(N)=O. The lowest BCUT2D eigenvalue weighted by atomic mass is 10.0. The topological polar surface area (TPSA) is 72.2 Å². The molecule has 0 aromatic carbocycles. The van der Waals surface area contributed by atoms with Gasteiger partial charge in [-0.15, -0.1) is 0 Å². The zero-order chi connectivity index (χ0) is 11.1. The van der Waals surface area contributed by atoms with E-state index in [2.05, 4.69) is 5.32 Å². The molecule has 0 aliphatic heterocycles. The number of carbonyl (C=O) groups excluding carboxylic acids is 2. The van der Waals surface area contributed by atoms with Crippen molar-refractivity contribution in [1.82, 2.24) is 5.32 Å². The van der Waals surface area contributed by atoms with E-state index in [0.29, 0.717) is 12.3 Å². The molecule has 0 aromatic heterocycles. The Kier molecular flexibility index (Phi) is 5.60. The van der Waals surface area contributed by atoms with E-state index in [1.165, 1.54) is 6.08 Å². The number of hydrogen-bond acceptors (Lipinski definition) is 2. The van der Waals surface area contributed by atoms with E-state index in [0.717, 1.165) is 0 Å². The van der Waals surface area contributed by atoms with Gasteiger partial charge in [0.15, 0.2) is 0 Å². The minimum Gasteiger partial charge on any atom is -0.368 e. The number of nitrogens with two attached hydrogens (primary N) is 1. The minimum atomic E-state index is -0.571. The van der Waals surface area contributed by atoms with Crippen LogP contribution in [0.25, 0.3) is 0 Å². The lowest BCUT2D eigenvalue weighted by Gasteiger charge is -2.16. The molecular formula is C10H18N2O2. The van der Waals surface area contributed by atoms with Crippen molar-refractivity contribution in [3.05, 3.63) is 12.2 Å². The highest BCUT2D eigenvalue weighted by atomic mass is 16.2. The van der Waals surface area contributed by atoms with E-state index >= 15 is 0 Å². The van der Waals surface area contributed by atoms with Gasteiger partial charge < -0.3 is 11.1 Å². The van der Waals surface area contributed by atoms with Gasteiger partial charge in [0.1, 0.15) is 6.04 Å². The maximum absolute atomic E-state index is 11.1. The van der Waals surface area contributed by atoms with Gasteiger partial charge in [-0.2, -0.15) is 0 Å². The fourth-order valence-corrected chi connectivity index (χ4v) is 1.09. The summed E-state index contributed by atoms with van der Waals surface area (Å²) in [5.41, 5.74) is 5.15. The van der Waals surface area contributed by atoms with Gasteiger partial charge >= 0.3 is 0 Å². The molecule has 4 heteroatoms. The van der Waals surface area contributed by atoms with Gasteiger partial charge in [0.2, 0.25) is 11.8 Å². The molecule has 0 rings (SSSR count). The van der Waals surface area contributed by atoms with E-state index in [9.17, 15) is 9.59 Å². The van der Waals surface area contributed by atoms with Crippen LogP contribution in [0.2, 0.25) is 0 Å². The molecule has 1 unspecified atom stereocenters. The third kappa shape index (κ3) is 5.35. The van der Waals surface area contributed by atoms with Gasteiger partial charge in [-0.1, -0.05) is 19.9 Å². The lowest BCUT2D eigenvalue weighted by molar-refractivity contribution is -0.125. The molecule has 0 saturated heterocycles. The molecule has 3 N–H and O–H groups in total. The van der Waals surface area contributed by atoms with Crippen LogP contribution in [-0.2, 0) is 9.59 Å². The van der Waals surface area contributed by atoms with Gasteiger partial charge in [0.25, 0.3) is 0 Å². The van der Waals surface area contributed by atoms with Gasteiger partial charge in [-0.25, -0.2) is 0 Å². The first kappa shape index (κ1) is 12.7. The van der Waals surface area contributed by atoms with Crippen molar-refractivity contribution in [3.8, 4) is 0 Å². The van der Waals surface area contributed by atoms with Crippen molar-refractivity contribution in [3.63, 3.8) is 0 Å². The van der Waals surface area contributed by atoms with Crippen LogP contribution in [0.3, 0.4) is 0 Å². The molecule has 2 amide bonds. The summed E-state index contributed by atoms with van der Waals surface area (Å²) in [5, 5.41) is 2.55. The molecule has 80 valence electrons. The fraction of sp³-hybridized carbons (Fsp3) is 0.600. The molecule has 4 nitrogen and oxygen atoms in total. The average Bonchev–Trinajstić information content (AvgIpc) is 2.02. The molecule has 0 radical (unpaired) electrons. The largest absolute Gasteiger partial charge is 0.368 e. The Morgan fingerprint density at radius 2 is 2.00 bits per heavy atom. The zero-order valence-electron chi connectivity index (χ0n) is 8.91. The highest BCUT2D eigenvalue weighted by Gasteiger charge is 2.17. The van der Waals surface area contributed by atoms with Crippen LogP contribution >= 0.6 is 0 Å². The normalized spacial score (nSPS) is 13.1. The smallest absolute Gasteiger partial charge is 0.244 e. The van der Waals surface area contributed by atoms with E-state index in [4.69, 9.17) is 5.73 Å². The van der Waals surface area contributed by atoms with Crippen molar-refractivity contribution >= 4 is 11.8 Å². The summed E-state index contributed by atoms with van der Waals surface area (Å²) in [6, 6.07) is -0.571. The summed E-state index contributed by atoms with van der Waals surface area (Å²) in [6.45, 7) is 5.68. The van der Waals surface area contributed by atoms with Gasteiger partial charge in [-0.05, 0) is 25.3 Å². The van der Waals surface area contributed by atoms with Crippen molar-refractivity contribution in [2.75, 3.05) is 0 Å². The maximum Gasteiger partial charge on any atom is 0.244 e. The Bertz CT molecular complexity index is 234. The van der Waals surface area contributed by atoms with Crippen molar-refractivity contribution in [2.45, 2.75) is 33.2 Å². The van der Waals surface area contributed by atoms with Gasteiger partial charge in [-0.3, -0.25) is 9.59 Å². The Labute approximate surface area is 84.5 Å². The first-order valence-electron chi connectivity index (χ1n) is 4.69. The molecule has 14 heavy (non-hydrogen) atoms. The summed E-state index contributed by atoms with van der Waals surface area (Å²) in [6.07, 6.45) is 3.55. The summed E-state index contributed by atoms with van der Waals surface area (Å²) in [7, 11) is 0. The quantitative estimate of drug-likeness (QED) is 0.634. The van der Waals surface area contributed by atoms with Crippen LogP contribution in [0, 0.1) is 5.92 Å². The number of nitrogens with one attached hydrogen (secondary N) is 1. The molecule has 0 aliphatic carbocycles. The van der Waals surface area contributed by atoms with E-state index < -0.39 is 11.9 Å². The predicted molar refractivity (Wildman–Crippen MR) is 55.4 cm³/mol. The van der Waals surface area contributed by atoms with Crippen molar-refractivity contribution in [1.29, 1.82) is 0 Å². The number of hydrogen-bond donors (Lipinski definition) is 2. The first-order valence-corrected chi connectivity index (χ1v) is 4.69. The third-order valence-corrected chi connectivity index (χ3v) is 1.69. The molecule has 0 aromatic rings. The van der Waals surface area contributed by atoms with Crippen molar-refractivity contribution < 1.29 is 9.59 Å². The number of amides is 2. The number of allylic oxidation sites excluding steroid dienone is 1. The standard InChI is InChI=1S/C10H18N2O2/c1-4-5-9(13)12-8(10(11)14)6-7(2)3/h4-5,7-8H,6H2,1-3H3,(H2,11,14)(H,12,13). The molecule has 0 fully saturated rings. The first-order chi connectivity index (χ1) is 6.47. The number of carbonyl (C=O) groups is 2. The molecule has 0 aliphatic rings. The van der Waals surface area contributed by atoms with Crippen LogP contribution in [-0.4, -0.2) is 17.9 Å². The van der Waals surface area contributed by atoms with Crippen LogP contribution in [0.15, 0.2) is 12.2 Å². The summed E-state index contributed by atoms with van der Waals surface area (Å²) >= 11 is 0. The third-order valence-electron chi connectivity index (χ3n) is 1.69. The van der Waals surface area contributed by atoms with Crippen LogP contribution in [0.1, 0.15) is 27.2 Å². The zero-order valence-corrected chi connectivity index (χ0v) is 8.91. The summed E-state index contributed by atoms with van der Waals surface area (Å²) in [5.74, 6) is -0.452. The van der Waals surface area contributed by atoms with Crippen LogP contribution in [0.5, 0.6) is 0 Å². The second-order valence-electron chi connectivity index (χ2n) is 3.59. The molecule has 0 saturated carbocycles. The molecule has 1 atom stereocenters. The number of rotatable bonds is 5. The maximum atomic E-state index is 11.1. The minimum absolute atomic E-state index is 0.281. The highest BCUT2D eigenvalue weighted by Crippen LogP contribution is 2.04. The number of primary amides is 1. The molecule has 0 spiro atoms. The van der Waals surface area contributed by atoms with Gasteiger partial charge in [0, 0.05) is 0 Å². The monoisotopic (exact) mass is 198 g/mol. The highest BCUT2D eigenvalue weighted by molar-refractivity contribution is 5.92.